The highest BCUT2D eigenvalue weighted by atomic mass is 32.1. The number of hydrogen-bond donors (Lipinski definition) is 0. The van der Waals surface area contributed by atoms with E-state index in [-0.39, 0.29) is 5.91 Å². The average Bonchev–Trinajstić information content (AvgIpc) is 3.29. The van der Waals surface area contributed by atoms with E-state index in [1.54, 1.807) is 0 Å². The molecule has 4 heterocycles. The molecule has 0 radical (unpaired) electrons. The number of carbonyl (C=O) groups excluding carboxylic acids is 1. The van der Waals surface area contributed by atoms with Crippen LogP contribution in [0, 0.1) is 0 Å². The summed E-state index contributed by atoms with van der Waals surface area (Å²) >= 11 is 1.82. The van der Waals surface area contributed by atoms with Crippen molar-refractivity contribution in [2.75, 3.05) is 19.6 Å². The van der Waals surface area contributed by atoms with E-state index in [4.69, 9.17) is 0 Å². The predicted octanol–water partition coefficient (Wildman–Crippen LogP) is 1.99. The Labute approximate surface area is 140 Å². The molecule has 4 rings (SSSR count). The Hall–Kier alpha value is -1.66. The fourth-order valence-corrected chi connectivity index (χ4v) is 4.56. The molecule has 0 spiro atoms. The van der Waals surface area contributed by atoms with Crippen molar-refractivity contribution in [2.45, 2.75) is 38.4 Å². The zero-order valence-electron chi connectivity index (χ0n) is 13.2. The third-order valence-electron chi connectivity index (χ3n) is 4.95. The third-order valence-corrected chi connectivity index (χ3v) is 5.98. The van der Waals surface area contributed by atoms with Gasteiger partial charge in [-0.15, -0.1) is 11.3 Å². The lowest BCUT2D eigenvalue weighted by Gasteiger charge is -2.30. The topological polar surface area (TPSA) is 41.4 Å². The summed E-state index contributed by atoms with van der Waals surface area (Å²) in [6.07, 6.45) is 7.16. The number of rotatable bonds is 4. The van der Waals surface area contributed by atoms with Crippen LogP contribution < -0.4 is 0 Å². The van der Waals surface area contributed by atoms with E-state index in [0.29, 0.717) is 12.6 Å². The molecule has 2 aliphatic heterocycles. The molecule has 2 aromatic heterocycles. The molecule has 6 heteroatoms. The van der Waals surface area contributed by atoms with Gasteiger partial charge in [-0.05, 0) is 48.9 Å². The van der Waals surface area contributed by atoms with E-state index in [1.165, 1.54) is 16.9 Å². The van der Waals surface area contributed by atoms with Crippen molar-refractivity contribution in [1.82, 2.24) is 19.6 Å². The van der Waals surface area contributed by atoms with Gasteiger partial charge in [0, 0.05) is 36.4 Å². The minimum absolute atomic E-state index is 0.272. The van der Waals surface area contributed by atoms with E-state index < -0.39 is 0 Å². The van der Waals surface area contributed by atoms with Gasteiger partial charge < -0.3 is 4.90 Å². The first kappa shape index (κ1) is 14.9. The van der Waals surface area contributed by atoms with Gasteiger partial charge >= 0.3 is 0 Å². The molecular weight excluding hydrogens is 308 g/mol. The first-order valence-corrected chi connectivity index (χ1v) is 9.22. The largest absolute Gasteiger partial charge is 0.337 e. The van der Waals surface area contributed by atoms with Crippen LogP contribution >= 0.6 is 11.3 Å². The van der Waals surface area contributed by atoms with E-state index >= 15 is 0 Å². The molecule has 1 fully saturated rings. The highest BCUT2D eigenvalue weighted by molar-refractivity contribution is 7.10. The van der Waals surface area contributed by atoms with Crippen LogP contribution in [0.1, 0.15) is 23.3 Å². The van der Waals surface area contributed by atoms with Crippen LogP contribution in [0.25, 0.3) is 0 Å². The van der Waals surface area contributed by atoms with Gasteiger partial charge in [0.25, 0.3) is 0 Å². The molecule has 0 bridgehead atoms. The van der Waals surface area contributed by atoms with Crippen molar-refractivity contribution >= 4 is 17.2 Å². The monoisotopic (exact) mass is 330 g/mol. The molecule has 122 valence electrons. The van der Waals surface area contributed by atoms with Gasteiger partial charge in [-0.2, -0.15) is 5.10 Å². The van der Waals surface area contributed by atoms with Crippen molar-refractivity contribution in [3.8, 4) is 0 Å². The SMILES string of the molecule is O=C(CN1CCCC1Cn1cccn1)N1CCc2sccc2C1. The van der Waals surface area contributed by atoms with Crippen LogP contribution in [-0.4, -0.2) is 51.2 Å². The van der Waals surface area contributed by atoms with Crippen LogP contribution in [-0.2, 0) is 24.3 Å². The van der Waals surface area contributed by atoms with Crippen LogP contribution in [0.4, 0.5) is 0 Å². The van der Waals surface area contributed by atoms with Gasteiger partial charge in [-0.3, -0.25) is 14.4 Å². The van der Waals surface area contributed by atoms with Gasteiger partial charge in [0.2, 0.25) is 5.91 Å². The van der Waals surface area contributed by atoms with Crippen LogP contribution in [0.2, 0.25) is 0 Å². The maximum absolute atomic E-state index is 12.7. The number of fused-ring (bicyclic) bond motifs is 1. The van der Waals surface area contributed by atoms with E-state index in [2.05, 4.69) is 21.4 Å². The normalized spacial score (nSPS) is 21.6. The van der Waals surface area contributed by atoms with Crippen molar-refractivity contribution < 1.29 is 4.79 Å². The number of thiophene rings is 1. The lowest BCUT2D eigenvalue weighted by atomic mass is 10.1. The van der Waals surface area contributed by atoms with Crippen molar-refractivity contribution in [2.24, 2.45) is 0 Å². The van der Waals surface area contributed by atoms with Gasteiger partial charge in [0.05, 0.1) is 13.1 Å². The first-order valence-electron chi connectivity index (χ1n) is 8.34. The first-order chi connectivity index (χ1) is 11.3. The summed E-state index contributed by atoms with van der Waals surface area (Å²) in [7, 11) is 0. The van der Waals surface area contributed by atoms with Crippen molar-refractivity contribution in [1.29, 1.82) is 0 Å². The van der Waals surface area contributed by atoms with Crippen molar-refractivity contribution in [3.63, 3.8) is 0 Å². The number of aromatic nitrogens is 2. The Balaban J connectivity index is 1.36. The second-order valence-corrected chi connectivity index (χ2v) is 7.43. The molecule has 1 amide bonds. The molecule has 2 aromatic rings. The average molecular weight is 330 g/mol. The van der Waals surface area contributed by atoms with Gasteiger partial charge in [-0.25, -0.2) is 0 Å². The fourth-order valence-electron chi connectivity index (χ4n) is 3.67. The molecule has 0 aromatic carbocycles. The van der Waals surface area contributed by atoms with Crippen LogP contribution in [0.5, 0.6) is 0 Å². The zero-order valence-corrected chi connectivity index (χ0v) is 14.0. The molecule has 0 aliphatic carbocycles. The maximum atomic E-state index is 12.7. The molecule has 0 saturated carbocycles. The minimum Gasteiger partial charge on any atom is -0.337 e. The molecule has 1 atom stereocenters. The highest BCUT2D eigenvalue weighted by Crippen LogP contribution is 2.25. The number of carbonyl (C=O) groups is 1. The summed E-state index contributed by atoms with van der Waals surface area (Å²) in [5.74, 6) is 0.272. The Kier molecular flexibility index (Phi) is 4.18. The second-order valence-electron chi connectivity index (χ2n) is 6.43. The number of hydrogen-bond acceptors (Lipinski definition) is 4. The summed E-state index contributed by atoms with van der Waals surface area (Å²) in [4.78, 5) is 18.5. The van der Waals surface area contributed by atoms with E-state index in [1.807, 2.05) is 39.4 Å². The number of nitrogens with zero attached hydrogens (tertiary/aromatic N) is 4. The Morgan fingerprint density at radius 1 is 1.39 bits per heavy atom. The fraction of sp³-hybridized carbons (Fsp3) is 0.529. The van der Waals surface area contributed by atoms with Crippen LogP contribution in [0.3, 0.4) is 0 Å². The quantitative estimate of drug-likeness (QED) is 0.861. The summed E-state index contributed by atoms with van der Waals surface area (Å²) in [6.45, 7) is 4.11. The summed E-state index contributed by atoms with van der Waals surface area (Å²) in [5.41, 5.74) is 1.34. The Morgan fingerprint density at radius 3 is 3.22 bits per heavy atom. The lowest BCUT2D eigenvalue weighted by molar-refractivity contribution is -0.133. The van der Waals surface area contributed by atoms with Crippen molar-refractivity contribution in [3.05, 3.63) is 40.3 Å². The zero-order chi connectivity index (χ0) is 15.6. The molecule has 1 saturated heterocycles. The Morgan fingerprint density at radius 2 is 2.35 bits per heavy atom. The summed E-state index contributed by atoms with van der Waals surface area (Å²) in [5, 5.41) is 6.44. The highest BCUT2D eigenvalue weighted by Gasteiger charge is 2.29. The molecule has 5 nitrogen and oxygen atoms in total. The van der Waals surface area contributed by atoms with Gasteiger partial charge in [0.1, 0.15) is 0 Å². The minimum atomic E-state index is 0.272. The van der Waals surface area contributed by atoms with E-state index in [9.17, 15) is 4.79 Å². The molecule has 1 unspecified atom stereocenters. The second kappa shape index (κ2) is 6.45. The number of amides is 1. The van der Waals surface area contributed by atoms with Gasteiger partial charge in [-0.1, -0.05) is 0 Å². The van der Waals surface area contributed by atoms with Gasteiger partial charge in [0.15, 0.2) is 0 Å². The summed E-state index contributed by atoms with van der Waals surface area (Å²) < 4.78 is 1.98. The predicted molar refractivity (Wildman–Crippen MR) is 90.3 cm³/mol. The molecule has 0 N–H and O–H groups in total. The van der Waals surface area contributed by atoms with Crippen LogP contribution in [0.15, 0.2) is 29.9 Å². The lowest BCUT2D eigenvalue weighted by Crippen LogP contribution is -2.44. The molecule has 23 heavy (non-hydrogen) atoms. The Bertz CT molecular complexity index is 666. The molecular formula is C17H22N4OS. The maximum Gasteiger partial charge on any atom is 0.237 e. The number of likely N-dealkylation sites (tertiary alicyclic amines) is 1. The third kappa shape index (κ3) is 3.19. The standard InChI is InChI=1S/C17H22N4OS/c22-17(20-9-4-16-14(11-20)5-10-23-16)13-19-7-1-3-15(19)12-21-8-2-6-18-21/h2,5-6,8,10,15H,1,3-4,7,9,11-13H2. The molecule has 2 aliphatic rings. The van der Waals surface area contributed by atoms with E-state index in [0.717, 1.165) is 39.0 Å². The smallest absolute Gasteiger partial charge is 0.237 e. The summed E-state index contributed by atoms with van der Waals surface area (Å²) in [6, 6.07) is 4.55.